The summed E-state index contributed by atoms with van der Waals surface area (Å²) in [5.41, 5.74) is 5.17. The van der Waals surface area contributed by atoms with Gasteiger partial charge in [0.15, 0.2) is 0 Å². The fraction of sp³-hybridized carbons (Fsp3) is 0.529. The molecule has 0 aliphatic heterocycles. The van der Waals surface area contributed by atoms with Gasteiger partial charge in [-0.25, -0.2) is 10.2 Å². The maximum Gasteiger partial charge on any atom is 0.333 e. The molecule has 1 aromatic carbocycles. The molecule has 3 amide bonds. The second-order valence-electron chi connectivity index (χ2n) is 6.01. The molecule has 0 bridgehead atoms. The highest BCUT2D eigenvalue weighted by atomic mass is 16.5. The molecule has 0 unspecified atom stereocenters. The molecular formula is C17H27N3O3. The van der Waals surface area contributed by atoms with E-state index in [9.17, 15) is 9.59 Å². The molecule has 0 aliphatic rings. The molecule has 0 aliphatic carbocycles. The van der Waals surface area contributed by atoms with Crippen molar-refractivity contribution in [3.8, 4) is 5.75 Å². The summed E-state index contributed by atoms with van der Waals surface area (Å²) in [6.45, 7) is 6.31. The molecule has 6 heteroatoms. The topological polar surface area (TPSA) is 79.5 Å². The SMILES string of the molecule is COc1ccc(C(=O)NNC(=O)N[C@H](C)CCCC(C)C)cc1. The van der Waals surface area contributed by atoms with Gasteiger partial charge in [-0.3, -0.25) is 10.2 Å². The minimum absolute atomic E-state index is 0.0617. The van der Waals surface area contributed by atoms with Crippen molar-refractivity contribution in [3.05, 3.63) is 29.8 Å². The number of nitrogens with one attached hydrogen (secondary N) is 3. The number of urea groups is 1. The Labute approximate surface area is 138 Å². The van der Waals surface area contributed by atoms with Gasteiger partial charge in [0.25, 0.3) is 5.91 Å². The molecule has 0 radical (unpaired) electrons. The van der Waals surface area contributed by atoms with Gasteiger partial charge in [-0.05, 0) is 43.5 Å². The van der Waals surface area contributed by atoms with E-state index >= 15 is 0 Å². The summed E-state index contributed by atoms with van der Waals surface area (Å²) in [5.74, 6) is 0.956. The van der Waals surface area contributed by atoms with Crippen LogP contribution in [-0.4, -0.2) is 25.1 Å². The standard InChI is InChI=1S/C17H27N3O3/c1-12(2)6-5-7-13(3)18-17(22)20-19-16(21)14-8-10-15(23-4)11-9-14/h8-13H,5-7H2,1-4H3,(H,19,21)(H2,18,20,22)/t13-/m1/s1. The molecule has 0 saturated heterocycles. The lowest BCUT2D eigenvalue weighted by atomic mass is 10.0. The van der Waals surface area contributed by atoms with Gasteiger partial charge in [-0.2, -0.15) is 0 Å². The quantitative estimate of drug-likeness (QED) is 0.676. The maximum absolute atomic E-state index is 11.9. The molecule has 3 N–H and O–H groups in total. The van der Waals surface area contributed by atoms with Crippen LogP contribution in [0.3, 0.4) is 0 Å². The Morgan fingerprint density at radius 3 is 2.26 bits per heavy atom. The van der Waals surface area contributed by atoms with E-state index in [1.165, 1.54) is 0 Å². The first kappa shape index (κ1) is 18.8. The number of carbonyl (C=O) groups excluding carboxylic acids is 2. The summed E-state index contributed by atoms with van der Waals surface area (Å²) >= 11 is 0. The van der Waals surface area contributed by atoms with Crippen LogP contribution in [0.1, 0.15) is 50.4 Å². The Kier molecular flexibility index (Phi) is 7.94. The first-order valence-electron chi connectivity index (χ1n) is 7.93. The lowest BCUT2D eigenvalue weighted by molar-refractivity contribution is 0.0935. The summed E-state index contributed by atoms with van der Waals surface area (Å²) in [6.07, 6.45) is 3.12. The number of carbonyl (C=O) groups is 2. The normalized spacial score (nSPS) is 11.7. The monoisotopic (exact) mass is 321 g/mol. The van der Waals surface area contributed by atoms with Crippen molar-refractivity contribution < 1.29 is 14.3 Å². The number of amides is 3. The number of hydrazine groups is 1. The van der Waals surface area contributed by atoms with E-state index in [4.69, 9.17) is 4.74 Å². The number of hydrogen-bond acceptors (Lipinski definition) is 3. The van der Waals surface area contributed by atoms with Crippen molar-refractivity contribution in [2.24, 2.45) is 5.92 Å². The van der Waals surface area contributed by atoms with Crippen LogP contribution in [0.5, 0.6) is 5.75 Å². The molecule has 1 aromatic rings. The van der Waals surface area contributed by atoms with E-state index in [-0.39, 0.29) is 11.9 Å². The predicted molar refractivity (Wildman–Crippen MR) is 90.3 cm³/mol. The predicted octanol–water partition coefficient (Wildman–Crippen LogP) is 2.85. The summed E-state index contributed by atoms with van der Waals surface area (Å²) in [5, 5.41) is 2.79. The van der Waals surface area contributed by atoms with Gasteiger partial charge in [0.1, 0.15) is 5.75 Å². The van der Waals surface area contributed by atoms with Crippen molar-refractivity contribution in [2.75, 3.05) is 7.11 Å². The molecule has 1 rings (SSSR count). The second kappa shape index (κ2) is 9.71. The van der Waals surface area contributed by atoms with E-state index in [1.54, 1.807) is 31.4 Å². The third-order valence-corrected chi connectivity index (χ3v) is 3.44. The first-order valence-corrected chi connectivity index (χ1v) is 7.93. The molecule has 0 fully saturated rings. The van der Waals surface area contributed by atoms with Gasteiger partial charge >= 0.3 is 6.03 Å². The summed E-state index contributed by atoms with van der Waals surface area (Å²) in [4.78, 5) is 23.6. The molecule has 0 aromatic heterocycles. The van der Waals surface area contributed by atoms with Crippen LogP contribution < -0.4 is 20.9 Å². The van der Waals surface area contributed by atoms with Gasteiger partial charge in [0.2, 0.25) is 0 Å². The Balaban J connectivity index is 2.30. The first-order chi connectivity index (χ1) is 10.9. The third-order valence-electron chi connectivity index (χ3n) is 3.44. The smallest absolute Gasteiger partial charge is 0.333 e. The summed E-state index contributed by atoms with van der Waals surface area (Å²) < 4.78 is 5.03. The van der Waals surface area contributed by atoms with Crippen LogP contribution in [-0.2, 0) is 0 Å². The largest absolute Gasteiger partial charge is 0.497 e. The van der Waals surface area contributed by atoms with Crippen molar-refractivity contribution >= 4 is 11.9 Å². The van der Waals surface area contributed by atoms with E-state index < -0.39 is 6.03 Å². The van der Waals surface area contributed by atoms with Crippen LogP contribution in [0, 0.1) is 5.92 Å². The minimum Gasteiger partial charge on any atom is -0.497 e. The summed E-state index contributed by atoms with van der Waals surface area (Å²) in [7, 11) is 1.56. The average molecular weight is 321 g/mol. The van der Waals surface area contributed by atoms with E-state index in [0.29, 0.717) is 17.2 Å². The Morgan fingerprint density at radius 2 is 1.70 bits per heavy atom. The molecule has 6 nitrogen and oxygen atoms in total. The molecular weight excluding hydrogens is 294 g/mol. The van der Waals surface area contributed by atoms with Crippen molar-refractivity contribution in [1.29, 1.82) is 0 Å². The van der Waals surface area contributed by atoms with Crippen molar-refractivity contribution in [3.63, 3.8) is 0 Å². The van der Waals surface area contributed by atoms with Gasteiger partial charge in [-0.1, -0.05) is 26.7 Å². The van der Waals surface area contributed by atoms with Crippen LogP contribution >= 0.6 is 0 Å². The molecule has 1 atom stereocenters. The van der Waals surface area contributed by atoms with Crippen LogP contribution in [0.15, 0.2) is 24.3 Å². The zero-order chi connectivity index (χ0) is 17.2. The Bertz CT molecular complexity index is 500. The number of benzene rings is 1. The van der Waals surface area contributed by atoms with Gasteiger partial charge < -0.3 is 10.1 Å². The van der Waals surface area contributed by atoms with E-state index in [2.05, 4.69) is 30.0 Å². The van der Waals surface area contributed by atoms with E-state index in [1.807, 2.05) is 6.92 Å². The lowest BCUT2D eigenvalue weighted by Gasteiger charge is -2.15. The summed E-state index contributed by atoms with van der Waals surface area (Å²) in [6, 6.07) is 6.28. The van der Waals surface area contributed by atoms with Crippen molar-refractivity contribution in [1.82, 2.24) is 16.2 Å². The fourth-order valence-electron chi connectivity index (χ4n) is 2.09. The lowest BCUT2D eigenvalue weighted by Crippen LogP contribution is -2.49. The fourth-order valence-corrected chi connectivity index (χ4v) is 2.09. The highest BCUT2D eigenvalue weighted by Crippen LogP contribution is 2.11. The van der Waals surface area contributed by atoms with E-state index in [0.717, 1.165) is 19.3 Å². The van der Waals surface area contributed by atoms with Crippen LogP contribution in [0.2, 0.25) is 0 Å². The highest BCUT2D eigenvalue weighted by molar-refractivity contribution is 5.95. The zero-order valence-electron chi connectivity index (χ0n) is 14.3. The Morgan fingerprint density at radius 1 is 1.04 bits per heavy atom. The highest BCUT2D eigenvalue weighted by Gasteiger charge is 2.10. The van der Waals surface area contributed by atoms with Gasteiger partial charge in [0.05, 0.1) is 7.11 Å². The zero-order valence-corrected chi connectivity index (χ0v) is 14.3. The third kappa shape index (κ3) is 7.54. The molecule has 0 saturated carbocycles. The van der Waals surface area contributed by atoms with Gasteiger partial charge in [0, 0.05) is 11.6 Å². The van der Waals surface area contributed by atoms with Crippen LogP contribution in [0.25, 0.3) is 0 Å². The molecule has 128 valence electrons. The van der Waals surface area contributed by atoms with Crippen LogP contribution in [0.4, 0.5) is 4.79 Å². The Hall–Kier alpha value is -2.24. The average Bonchev–Trinajstić information content (AvgIpc) is 2.52. The maximum atomic E-state index is 11.9. The number of ether oxygens (including phenoxy) is 1. The molecule has 0 spiro atoms. The second-order valence-corrected chi connectivity index (χ2v) is 6.01. The number of rotatable bonds is 7. The van der Waals surface area contributed by atoms with Gasteiger partial charge in [-0.15, -0.1) is 0 Å². The number of hydrogen-bond donors (Lipinski definition) is 3. The number of methoxy groups -OCH3 is 1. The van der Waals surface area contributed by atoms with Crippen molar-refractivity contribution in [2.45, 2.75) is 46.1 Å². The molecule has 23 heavy (non-hydrogen) atoms. The minimum atomic E-state index is -0.413. The molecule has 0 heterocycles.